The third-order valence-corrected chi connectivity index (χ3v) is 4.99. The Morgan fingerprint density at radius 3 is 1.57 bits per heavy atom. The van der Waals surface area contributed by atoms with Crippen LogP contribution in [-0.2, 0) is 17.6 Å². The van der Waals surface area contributed by atoms with E-state index in [1.807, 2.05) is 0 Å². The smallest absolute Gasteiger partial charge is 0.0616 e. The van der Waals surface area contributed by atoms with Crippen molar-refractivity contribution in [3.8, 4) is 0 Å². The Morgan fingerprint density at radius 2 is 1.22 bits per heavy atom. The zero-order valence-electron chi connectivity index (χ0n) is 13.8. The quantitative estimate of drug-likeness (QED) is 0.451. The Morgan fingerprint density at radius 1 is 0.783 bits per heavy atom. The van der Waals surface area contributed by atoms with Gasteiger partial charge in [0.1, 0.15) is 0 Å². The van der Waals surface area contributed by atoms with Gasteiger partial charge in [0.2, 0.25) is 0 Å². The van der Waals surface area contributed by atoms with Gasteiger partial charge in [-0.15, -0.1) is 0 Å². The second-order valence-corrected chi connectivity index (χ2v) is 7.70. The van der Waals surface area contributed by atoms with Crippen LogP contribution in [0.5, 0.6) is 0 Å². The van der Waals surface area contributed by atoms with Crippen LogP contribution in [0.3, 0.4) is 0 Å². The van der Waals surface area contributed by atoms with Gasteiger partial charge in [-0.2, -0.15) is 0 Å². The van der Waals surface area contributed by atoms with Gasteiger partial charge in [-0.25, -0.2) is 0 Å². The maximum absolute atomic E-state index is 6.41. The fourth-order valence-corrected chi connectivity index (χ4v) is 3.60. The Bertz CT molecular complexity index is 559. The number of halogens is 2. The van der Waals surface area contributed by atoms with Gasteiger partial charge in [0.15, 0.2) is 0 Å². The van der Waals surface area contributed by atoms with E-state index in [2.05, 4.69) is 94.2 Å². The summed E-state index contributed by atoms with van der Waals surface area (Å²) in [6.45, 7) is 4.41. The molecule has 2 atom stereocenters. The molecular weight excluding hydrogens is 416 g/mol. The predicted octanol–water partition coefficient (Wildman–Crippen LogP) is 6.57. The molecular formula is C20H24Br2O. The lowest BCUT2D eigenvalue weighted by atomic mass is 10.0. The minimum atomic E-state index is 0.265. The molecule has 1 nitrogen and oxygen atoms in total. The fourth-order valence-electron chi connectivity index (χ4n) is 2.70. The molecule has 23 heavy (non-hydrogen) atoms. The minimum absolute atomic E-state index is 0.265. The molecule has 0 fully saturated rings. The van der Waals surface area contributed by atoms with Crippen molar-refractivity contribution in [2.45, 2.75) is 51.7 Å². The lowest BCUT2D eigenvalue weighted by Crippen LogP contribution is -2.25. The molecule has 2 rings (SSSR count). The van der Waals surface area contributed by atoms with Crippen LogP contribution in [0.25, 0.3) is 0 Å². The highest BCUT2D eigenvalue weighted by Crippen LogP contribution is 2.20. The predicted molar refractivity (Wildman–Crippen MR) is 105 cm³/mol. The van der Waals surface area contributed by atoms with Crippen molar-refractivity contribution in [3.05, 3.63) is 68.6 Å². The lowest BCUT2D eigenvalue weighted by Gasteiger charge is -2.24. The Balaban J connectivity index is 1.97. The normalized spacial score (nSPS) is 13.7. The van der Waals surface area contributed by atoms with Crippen LogP contribution in [0.2, 0.25) is 0 Å². The second kappa shape index (κ2) is 9.61. The summed E-state index contributed by atoms with van der Waals surface area (Å²) in [5, 5.41) is 0. The van der Waals surface area contributed by atoms with Crippen LogP contribution in [0.4, 0.5) is 0 Å². The molecule has 0 radical (unpaired) electrons. The highest BCUT2D eigenvalue weighted by Gasteiger charge is 2.15. The van der Waals surface area contributed by atoms with Crippen molar-refractivity contribution in [1.29, 1.82) is 0 Å². The van der Waals surface area contributed by atoms with Gasteiger partial charge >= 0.3 is 0 Å². The van der Waals surface area contributed by atoms with Gasteiger partial charge < -0.3 is 4.74 Å². The van der Waals surface area contributed by atoms with Crippen molar-refractivity contribution < 1.29 is 4.74 Å². The van der Waals surface area contributed by atoms with Gasteiger partial charge in [0.25, 0.3) is 0 Å². The molecule has 2 aromatic carbocycles. The van der Waals surface area contributed by atoms with E-state index in [9.17, 15) is 0 Å². The van der Waals surface area contributed by atoms with Gasteiger partial charge in [0, 0.05) is 8.95 Å². The maximum atomic E-state index is 6.41. The summed E-state index contributed by atoms with van der Waals surface area (Å²) in [5.41, 5.74) is 2.65. The first-order valence-corrected chi connectivity index (χ1v) is 9.83. The summed E-state index contributed by atoms with van der Waals surface area (Å²) in [6, 6.07) is 17.0. The highest BCUT2D eigenvalue weighted by atomic mass is 79.9. The summed E-state index contributed by atoms with van der Waals surface area (Å²) in [5.74, 6) is 0. The first-order chi connectivity index (χ1) is 11.1. The number of hydrogen-bond donors (Lipinski definition) is 0. The number of ether oxygens (including phenoxy) is 1. The van der Waals surface area contributed by atoms with Gasteiger partial charge in [-0.3, -0.25) is 0 Å². The van der Waals surface area contributed by atoms with E-state index in [1.54, 1.807) is 0 Å². The SMILES string of the molecule is CCC(Cc1cccc(Br)c1)OC(CC)Cc1cccc(Br)c1. The lowest BCUT2D eigenvalue weighted by molar-refractivity contribution is -0.0147. The van der Waals surface area contributed by atoms with Crippen molar-refractivity contribution in [1.82, 2.24) is 0 Å². The maximum Gasteiger partial charge on any atom is 0.0616 e. The van der Waals surface area contributed by atoms with E-state index in [-0.39, 0.29) is 12.2 Å². The first-order valence-electron chi connectivity index (χ1n) is 8.25. The van der Waals surface area contributed by atoms with Crippen LogP contribution in [0, 0.1) is 0 Å². The average molecular weight is 440 g/mol. The van der Waals surface area contributed by atoms with E-state index >= 15 is 0 Å². The van der Waals surface area contributed by atoms with Crippen LogP contribution < -0.4 is 0 Å². The molecule has 2 aromatic rings. The van der Waals surface area contributed by atoms with Crippen molar-refractivity contribution in [2.75, 3.05) is 0 Å². The van der Waals surface area contributed by atoms with Crippen molar-refractivity contribution in [3.63, 3.8) is 0 Å². The van der Waals surface area contributed by atoms with E-state index in [0.29, 0.717) is 0 Å². The third-order valence-electron chi connectivity index (χ3n) is 4.00. The summed E-state index contributed by atoms with van der Waals surface area (Å²) in [7, 11) is 0. The molecule has 0 spiro atoms. The van der Waals surface area contributed by atoms with E-state index in [0.717, 1.165) is 34.6 Å². The van der Waals surface area contributed by atoms with E-state index in [4.69, 9.17) is 4.74 Å². The Hall–Kier alpha value is -0.640. The monoisotopic (exact) mass is 438 g/mol. The number of hydrogen-bond acceptors (Lipinski definition) is 1. The van der Waals surface area contributed by atoms with Gasteiger partial charge in [0.05, 0.1) is 12.2 Å². The average Bonchev–Trinajstić information content (AvgIpc) is 2.53. The van der Waals surface area contributed by atoms with E-state index in [1.165, 1.54) is 11.1 Å². The standard InChI is InChI=1S/C20H24Br2O/c1-3-19(13-15-7-5-9-17(21)11-15)23-20(4-2)14-16-8-6-10-18(22)12-16/h5-12,19-20H,3-4,13-14H2,1-2H3. The number of rotatable bonds is 8. The molecule has 0 aliphatic heterocycles. The number of benzene rings is 2. The molecule has 2 unspecified atom stereocenters. The van der Waals surface area contributed by atoms with Crippen LogP contribution in [0.1, 0.15) is 37.8 Å². The third kappa shape index (κ3) is 6.40. The molecule has 0 bridgehead atoms. The molecule has 0 aromatic heterocycles. The second-order valence-electron chi connectivity index (χ2n) is 5.86. The van der Waals surface area contributed by atoms with Crippen LogP contribution >= 0.6 is 31.9 Å². The molecule has 124 valence electrons. The molecule has 0 aliphatic rings. The summed E-state index contributed by atoms with van der Waals surface area (Å²) >= 11 is 7.09. The molecule has 0 heterocycles. The molecule has 0 saturated heterocycles. The first kappa shape index (κ1) is 18.7. The zero-order chi connectivity index (χ0) is 16.7. The molecule has 0 aliphatic carbocycles. The van der Waals surface area contributed by atoms with Gasteiger partial charge in [-0.1, -0.05) is 70.0 Å². The fraction of sp³-hybridized carbons (Fsp3) is 0.400. The summed E-state index contributed by atoms with van der Waals surface area (Å²) < 4.78 is 8.67. The molecule has 3 heteroatoms. The molecule has 0 saturated carbocycles. The minimum Gasteiger partial charge on any atom is -0.374 e. The van der Waals surface area contributed by atoms with E-state index < -0.39 is 0 Å². The summed E-state index contributed by atoms with van der Waals surface area (Å²) in [6.07, 6.45) is 4.52. The Kier molecular flexibility index (Phi) is 7.81. The largest absolute Gasteiger partial charge is 0.374 e. The van der Waals surface area contributed by atoms with Crippen LogP contribution in [0.15, 0.2) is 57.5 Å². The van der Waals surface area contributed by atoms with Crippen molar-refractivity contribution >= 4 is 31.9 Å². The van der Waals surface area contributed by atoms with Gasteiger partial charge in [-0.05, 0) is 61.1 Å². The molecule has 0 amide bonds. The Labute approximate surface area is 156 Å². The van der Waals surface area contributed by atoms with Crippen LogP contribution in [-0.4, -0.2) is 12.2 Å². The summed E-state index contributed by atoms with van der Waals surface area (Å²) in [4.78, 5) is 0. The molecule has 0 N–H and O–H groups in total. The topological polar surface area (TPSA) is 9.23 Å². The zero-order valence-corrected chi connectivity index (χ0v) is 16.9. The highest BCUT2D eigenvalue weighted by molar-refractivity contribution is 9.10. The van der Waals surface area contributed by atoms with Crippen molar-refractivity contribution in [2.24, 2.45) is 0 Å².